The molecule has 3 heteroatoms. The molecule has 0 aliphatic heterocycles. The van der Waals surface area contributed by atoms with E-state index < -0.39 is 0 Å². The zero-order chi connectivity index (χ0) is 13.7. The van der Waals surface area contributed by atoms with Gasteiger partial charge in [0.1, 0.15) is 16.8 Å². The average Bonchev–Trinajstić information content (AvgIpc) is 2.38. The van der Waals surface area contributed by atoms with Crippen LogP contribution in [0.2, 0.25) is 0 Å². The zero-order valence-electron chi connectivity index (χ0n) is 10.6. The summed E-state index contributed by atoms with van der Waals surface area (Å²) in [7, 11) is 0. The second-order valence-electron chi connectivity index (χ2n) is 4.23. The van der Waals surface area contributed by atoms with Crippen LogP contribution in [0.5, 0.6) is 5.75 Å². The first kappa shape index (κ1) is 14.0. The van der Waals surface area contributed by atoms with Crippen molar-refractivity contribution in [3.8, 4) is 5.75 Å². The van der Waals surface area contributed by atoms with Crippen LogP contribution in [0.4, 0.5) is 0 Å². The third-order valence-corrected chi connectivity index (χ3v) is 2.93. The maximum atomic E-state index is 5.80. The van der Waals surface area contributed by atoms with Crippen LogP contribution in [0.25, 0.3) is 6.08 Å². The fraction of sp³-hybridized carbons (Fsp3) is 0.125. The molecular weight excluding hydrogens is 279 g/mol. The highest BCUT2D eigenvalue weighted by atomic mass is 35.5. The van der Waals surface area contributed by atoms with E-state index in [2.05, 4.69) is 0 Å². The largest absolute Gasteiger partial charge is 0.489 e. The summed E-state index contributed by atoms with van der Waals surface area (Å²) in [6.07, 6.45) is 1.71. The molecule has 98 valence electrons. The van der Waals surface area contributed by atoms with Gasteiger partial charge < -0.3 is 4.74 Å². The molecule has 2 aromatic rings. The summed E-state index contributed by atoms with van der Waals surface area (Å²) in [6, 6.07) is 15.9. The first-order valence-corrected chi connectivity index (χ1v) is 6.71. The fourth-order valence-corrected chi connectivity index (χ4v) is 2.04. The molecule has 0 amide bonds. The monoisotopic (exact) mass is 292 g/mol. The van der Waals surface area contributed by atoms with Crippen LogP contribution >= 0.6 is 23.2 Å². The second kappa shape index (κ2) is 6.65. The number of benzene rings is 2. The molecule has 0 heterocycles. The van der Waals surface area contributed by atoms with Gasteiger partial charge >= 0.3 is 0 Å². The predicted molar refractivity (Wildman–Crippen MR) is 81.6 cm³/mol. The smallest absolute Gasteiger partial charge is 0.122 e. The third kappa shape index (κ3) is 4.30. The first-order valence-electron chi connectivity index (χ1n) is 5.95. The lowest BCUT2D eigenvalue weighted by Gasteiger charge is -2.09. The Kier molecular flexibility index (Phi) is 4.89. The molecule has 0 fully saturated rings. The van der Waals surface area contributed by atoms with Gasteiger partial charge in [-0.25, -0.2) is 0 Å². The topological polar surface area (TPSA) is 9.23 Å². The number of ether oxygens (including phenoxy) is 1. The minimum atomic E-state index is 0.248. The van der Waals surface area contributed by atoms with Gasteiger partial charge in [0.15, 0.2) is 0 Å². The molecule has 0 aliphatic rings. The Morgan fingerprint density at radius 3 is 2.47 bits per heavy atom. The van der Waals surface area contributed by atoms with E-state index in [0.717, 1.165) is 22.4 Å². The van der Waals surface area contributed by atoms with Crippen LogP contribution in [0.1, 0.15) is 16.7 Å². The van der Waals surface area contributed by atoms with Crippen LogP contribution in [-0.2, 0) is 6.61 Å². The molecule has 19 heavy (non-hydrogen) atoms. The molecule has 0 N–H and O–H groups in total. The van der Waals surface area contributed by atoms with Crippen molar-refractivity contribution in [1.29, 1.82) is 0 Å². The Balaban J connectivity index is 2.07. The van der Waals surface area contributed by atoms with Crippen molar-refractivity contribution >= 4 is 29.3 Å². The molecular formula is C16H14Cl2O. The van der Waals surface area contributed by atoms with Crippen molar-refractivity contribution in [2.75, 3.05) is 0 Å². The molecule has 0 atom stereocenters. The molecule has 0 saturated carbocycles. The van der Waals surface area contributed by atoms with Crippen molar-refractivity contribution in [2.45, 2.75) is 13.5 Å². The van der Waals surface area contributed by atoms with Gasteiger partial charge in [-0.05, 0) is 41.8 Å². The zero-order valence-corrected chi connectivity index (χ0v) is 12.1. The maximum absolute atomic E-state index is 5.80. The number of aryl methyl sites for hydroxylation is 1. The lowest BCUT2D eigenvalue weighted by molar-refractivity contribution is 0.304. The summed E-state index contributed by atoms with van der Waals surface area (Å²) in [5.41, 5.74) is 3.17. The summed E-state index contributed by atoms with van der Waals surface area (Å²) in [4.78, 5) is 0. The minimum absolute atomic E-state index is 0.248. The molecule has 2 aromatic carbocycles. The summed E-state index contributed by atoms with van der Waals surface area (Å²) < 4.78 is 6.04. The maximum Gasteiger partial charge on any atom is 0.122 e. The van der Waals surface area contributed by atoms with Crippen LogP contribution in [-0.4, -0.2) is 0 Å². The molecule has 1 nitrogen and oxygen atoms in total. The van der Waals surface area contributed by atoms with Crippen molar-refractivity contribution < 1.29 is 4.74 Å². The molecule has 0 saturated heterocycles. The number of halogens is 2. The molecule has 0 aliphatic carbocycles. The predicted octanol–water partition coefficient (Wildman–Crippen LogP) is 5.35. The SMILES string of the molecule is Cc1cc(C=C(Cl)Cl)ccc1OCc1ccccc1. The van der Waals surface area contributed by atoms with Crippen molar-refractivity contribution in [2.24, 2.45) is 0 Å². The van der Waals surface area contributed by atoms with E-state index in [1.165, 1.54) is 0 Å². The van der Waals surface area contributed by atoms with Crippen molar-refractivity contribution in [1.82, 2.24) is 0 Å². The summed E-state index contributed by atoms with van der Waals surface area (Å²) in [6.45, 7) is 2.56. The summed E-state index contributed by atoms with van der Waals surface area (Å²) >= 11 is 11.3. The number of rotatable bonds is 4. The van der Waals surface area contributed by atoms with E-state index in [-0.39, 0.29) is 4.49 Å². The minimum Gasteiger partial charge on any atom is -0.489 e. The summed E-state index contributed by atoms with van der Waals surface area (Å²) in [5, 5.41) is 0. The Labute approximate surface area is 123 Å². The normalized spacial score (nSPS) is 10.1. The van der Waals surface area contributed by atoms with Crippen LogP contribution < -0.4 is 4.74 Å². The van der Waals surface area contributed by atoms with Gasteiger partial charge in [-0.2, -0.15) is 0 Å². The van der Waals surface area contributed by atoms with E-state index in [0.29, 0.717) is 6.61 Å². The molecule has 2 rings (SSSR count). The lowest BCUT2D eigenvalue weighted by atomic mass is 10.1. The summed E-state index contributed by atoms with van der Waals surface area (Å²) in [5.74, 6) is 0.867. The fourth-order valence-electron chi connectivity index (χ4n) is 1.79. The average molecular weight is 293 g/mol. The van der Waals surface area contributed by atoms with Gasteiger partial charge in [0.05, 0.1) is 0 Å². The van der Waals surface area contributed by atoms with Gasteiger partial charge in [0.2, 0.25) is 0 Å². The second-order valence-corrected chi connectivity index (χ2v) is 5.24. The van der Waals surface area contributed by atoms with Crippen LogP contribution in [0, 0.1) is 6.92 Å². The lowest BCUT2D eigenvalue weighted by Crippen LogP contribution is -1.96. The molecule has 0 radical (unpaired) electrons. The Morgan fingerprint density at radius 2 is 1.84 bits per heavy atom. The Bertz CT molecular complexity index is 573. The Hall–Kier alpha value is -1.44. The molecule has 0 unspecified atom stereocenters. The van der Waals surface area contributed by atoms with Gasteiger partial charge in [-0.15, -0.1) is 0 Å². The highest BCUT2D eigenvalue weighted by Gasteiger charge is 2.01. The number of hydrogen-bond donors (Lipinski definition) is 0. The van der Waals surface area contributed by atoms with E-state index in [4.69, 9.17) is 27.9 Å². The van der Waals surface area contributed by atoms with Gasteiger partial charge in [-0.1, -0.05) is 59.6 Å². The highest BCUT2D eigenvalue weighted by Crippen LogP contribution is 2.23. The van der Waals surface area contributed by atoms with E-state index in [9.17, 15) is 0 Å². The molecule has 0 bridgehead atoms. The van der Waals surface area contributed by atoms with Gasteiger partial charge in [0, 0.05) is 0 Å². The van der Waals surface area contributed by atoms with E-state index in [1.807, 2.05) is 55.5 Å². The molecule has 0 spiro atoms. The van der Waals surface area contributed by atoms with Gasteiger partial charge in [0.25, 0.3) is 0 Å². The standard InChI is InChI=1S/C16H14Cl2O/c1-12-9-14(10-16(17)18)7-8-15(12)19-11-13-5-3-2-4-6-13/h2-10H,11H2,1H3. The third-order valence-electron chi connectivity index (χ3n) is 2.71. The number of hydrogen-bond acceptors (Lipinski definition) is 1. The van der Waals surface area contributed by atoms with E-state index in [1.54, 1.807) is 6.08 Å². The highest BCUT2D eigenvalue weighted by molar-refractivity contribution is 6.57. The van der Waals surface area contributed by atoms with Gasteiger partial charge in [-0.3, -0.25) is 0 Å². The van der Waals surface area contributed by atoms with Crippen LogP contribution in [0.3, 0.4) is 0 Å². The quantitative estimate of drug-likeness (QED) is 0.738. The first-order chi connectivity index (χ1) is 9.15. The Morgan fingerprint density at radius 1 is 1.11 bits per heavy atom. The van der Waals surface area contributed by atoms with Crippen LogP contribution in [0.15, 0.2) is 53.0 Å². The molecule has 0 aromatic heterocycles. The van der Waals surface area contributed by atoms with Crippen molar-refractivity contribution in [3.05, 3.63) is 69.7 Å². The van der Waals surface area contributed by atoms with Crippen molar-refractivity contribution in [3.63, 3.8) is 0 Å². The van der Waals surface area contributed by atoms with E-state index >= 15 is 0 Å².